The molecule has 1 aliphatic heterocycles. The van der Waals surface area contributed by atoms with E-state index < -0.39 is 0 Å². The van der Waals surface area contributed by atoms with Crippen molar-refractivity contribution in [1.82, 2.24) is 4.98 Å². The first-order valence-electron chi connectivity index (χ1n) is 6.52. The molecule has 0 bridgehead atoms. The van der Waals surface area contributed by atoms with Crippen molar-refractivity contribution in [3.63, 3.8) is 0 Å². The van der Waals surface area contributed by atoms with E-state index in [2.05, 4.69) is 9.88 Å². The van der Waals surface area contributed by atoms with Crippen LogP contribution >= 0.6 is 0 Å². The first-order chi connectivity index (χ1) is 8.70. The van der Waals surface area contributed by atoms with Crippen molar-refractivity contribution >= 4 is 12.1 Å². The SMILES string of the molecule is CC(C)Oc1cccnc1N1CCC(C=O)CC1. The van der Waals surface area contributed by atoms with E-state index in [1.165, 1.54) is 0 Å². The third kappa shape index (κ3) is 3.00. The fourth-order valence-corrected chi connectivity index (χ4v) is 2.21. The number of carbonyl (C=O) groups is 1. The molecule has 98 valence electrons. The van der Waals surface area contributed by atoms with Crippen LogP contribution in [0.25, 0.3) is 0 Å². The summed E-state index contributed by atoms with van der Waals surface area (Å²) in [5.74, 6) is 1.94. The number of piperidine rings is 1. The molecule has 1 aromatic rings. The first-order valence-corrected chi connectivity index (χ1v) is 6.52. The summed E-state index contributed by atoms with van der Waals surface area (Å²) in [6.45, 7) is 5.76. The number of anilines is 1. The maximum absolute atomic E-state index is 10.8. The summed E-state index contributed by atoms with van der Waals surface area (Å²) >= 11 is 0. The van der Waals surface area contributed by atoms with E-state index in [9.17, 15) is 4.79 Å². The van der Waals surface area contributed by atoms with E-state index >= 15 is 0 Å². The van der Waals surface area contributed by atoms with Crippen molar-refractivity contribution in [2.24, 2.45) is 5.92 Å². The first kappa shape index (κ1) is 12.9. The molecule has 4 heteroatoms. The summed E-state index contributed by atoms with van der Waals surface area (Å²) in [5.41, 5.74) is 0. The van der Waals surface area contributed by atoms with Crippen LogP contribution in [-0.2, 0) is 4.79 Å². The van der Waals surface area contributed by atoms with E-state index in [-0.39, 0.29) is 12.0 Å². The van der Waals surface area contributed by atoms with Gasteiger partial charge >= 0.3 is 0 Å². The molecule has 1 aromatic heterocycles. The molecular weight excluding hydrogens is 228 g/mol. The second kappa shape index (κ2) is 5.85. The largest absolute Gasteiger partial charge is 0.487 e. The Kier molecular flexibility index (Phi) is 4.18. The zero-order valence-corrected chi connectivity index (χ0v) is 11.0. The van der Waals surface area contributed by atoms with Crippen LogP contribution < -0.4 is 9.64 Å². The number of pyridine rings is 1. The maximum atomic E-state index is 10.8. The van der Waals surface area contributed by atoms with Gasteiger partial charge in [0, 0.05) is 25.2 Å². The van der Waals surface area contributed by atoms with Gasteiger partial charge in [-0.25, -0.2) is 4.98 Å². The smallest absolute Gasteiger partial charge is 0.171 e. The molecule has 4 nitrogen and oxygen atoms in total. The summed E-state index contributed by atoms with van der Waals surface area (Å²) in [4.78, 5) is 17.4. The molecule has 0 unspecified atom stereocenters. The van der Waals surface area contributed by atoms with Crippen LogP contribution in [0.4, 0.5) is 5.82 Å². The van der Waals surface area contributed by atoms with E-state index in [0.29, 0.717) is 0 Å². The minimum atomic E-state index is 0.139. The van der Waals surface area contributed by atoms with Gasteiger partial charge in [-0.2, -0.15) is 0 Å². The van der Waals surface area contributed by atoms with Crippen molar-refractivity contribution in [3.05, 3.63) is 18.3 Å². The van der Waals surface area contributed by atoms with Gasteiger partial charge in [0.05, 0.1) is 6.10 Å². The molecule has 0 aliphatic carbocycles. The summed E-state index contributed by atoms with van der Waals surface area (Å²) in [7, 11) is 0. The number of ether oxygens (including phenoxy) is 1. The van der Waals surface area contributed by atoms with E-state index in [4.69, 9.17) is 4.74 Å². The Bertz CT molecular complexity index is 399. The molecule has 0 atom stereocenters. The quantitative estimate of drug-likeness (QED) is 0.767. The predicted molar refractivity (Wildman–Crippen MR) is 71.0 cm³/mol. The van der Waals surface area contributed by atoms with Gasteiger partial charge in [0.1, 0.15) is 6.29 Å². The third-order valence-electron chi connectivity index (χ3n) is 3.15. The van der Waals surface area contributed by atoms with Gasteiger partial charge in [-0.15, -0.1) is 0 Å². The van der Waals surface area contributed by atoms with Crippen molar-refractivity contribution in [2.45, 2.75) is 32.8 Å². The van der Waals surface area contributed by atoms with Gasteiger partial charge < -0.3 is 14.4 Å². The molecular formula is C14H20N2O2. The Balaban J connectivity index is 2.11. The highest BCUT2D eigenvalue weighted by molar-refractivity contribution is 5.56. The molecule has 0 aromatic carbocycles. The van der Waals surface area contributed by atoms with Crippen molar-refractivity contribution in [1.29, 1.82) is 0 Å². The second-order valence-corrected chi connectivity index (χ2v) is 4.95. The Morgan fingerprint density at radius 1 is 1.44 bits per heavy atom. The lowest BCUT2D eigenvalue weighted by Gasteiger charge is -2.31. The Labute approximate surface area is 108 Å². The standard InChI is InChI=1S/C14H20N2O2/c1-11(2)18-13-4-3-7-15-14(13)16-8-5-12(10-17)6-9-16/h3-4,7,10-12H,5-6,8-9H2,1-2H3. The molecule has 18 heavy (non-hydrogen) atoms. The van der Waals surface area contributed by atoms with Crippen LogP contribution in [0.3, 0.4) is 0 Å². The van der Waals surface area contributed by atoms with E-state index in [1.807, 2.05) is 26.0 Å². The van der Waals surface area contributed by atoms with Crippen molar-refractivity contribution < 1.29 is 9.53 Å². The number of hydrogen-bond donors (Lipinski definition) is 0. The van der Waals surface area contributed by atoms with Crippen molar-refractivity contribution in [3.8, 4) is 5.75 Å². The molecule has 0 N–H and O–H groups in total. The molecule has 2 heterocycles. The summed E-state index contributed by atoms with van der Waals surface area (Å²) in [5, 5.41) is 0. The molecule has 1 aliphatic rings. The number of aldehydes is 1. The molecule has 2 rings (SSSR count). The maximum Gasteiger partial charge on any atom is 0.171 e. The average Bonchev–Trinajstić information content (AvgIpc) is 2.39. The average molecular weight is 248 g/mol. The minimum Gasteiger partial charge on any atom is -0.487 e. The summed E-state index contributed by atoms with van der Waals surface area (Å²) < 4.78 is 5.78. The number of nitrogens with zero attached hydrogens (tertiary/aromatic N) is 2. The van der Waals surface area contributed by atoms with Crippen LogP contribution in [0.2, 0.25) is 0 Å². The highest BCUT2D eigenvalue weighted by atomic mass is 16.5. The zero-order valence-electron chi connectivity index (χ0n) is 11.0. The highest BCUT2D eigenvalue weighted by Gasteiger charge is 2.22. The van der Waals surface area contributed by atoms with Gasteiger partial charge in [0.2, 0.25) is 0 Å². The zero-order chi connectivity index (χ0) is 13.0. The van der Waals surface area contributed by atoms with Gasteiger partial charge in [0.25, 0.3) is 0 Å². The lowest BCUT2D eigenvalue weighted by Crippen LogP contribution is -2.35. The number of aromatic nitrogens is 1. The van der Waals surface area contributed by atoms with Crippen molar-refractivity contribution in [2.75, 3.05) is 18.0 Å². The number of hydrogen-bond acceptors (Lipinski definition) is 4. The van der Waals surface area contributed by atoms with Crippen LogP contribution in [0, 0.1) is 5.92 Å². The molecule has 0 spiro atoms. The van der Waals surface area contributed by atoms with Crippen LogP contribution in [0.15, 0.2) is 18.3 Å². The van der Waals surface area contributed by atoms with Crippen LogP contribution in [0.5, 0.6) is 5.75 Å². The second-order valence-electron chi connectivity index (χ2n) is 4.95. The van der Waals surface area contributed by atoms with Gasteiger partial charge in [-0.05, 0) is 38.8 Å². The highest BCUT2D eigenvalue weighted by Crippen LogP contribution is 2.29. The Hall–Kier alpha value is -1.58. The van der Waals surface area contributed by atoms with E-state index in [0.717, 1.165) is 43.8 Å². The molecule has 1 saturated heterocycles. The lowest BCUT2D eigenvalue weighted by molar-refractivity contribution is -0.111. The lowest BCUT2D eigenvalue weighted by atomic mass is 9.98. The Morgan fingerprint density at radius 2 is 2.17 bits per heavy atom. The topological polar surface area (TPSA) is 42.4 Å². The predicted octanol–water partition coefficient (Wildman–Crippen LogP) is 2.28. The number of rotatable bonds is 4. The monoisotopic (exact) mass is 248 g/mol. The minimum absolute atomic E-state index is 0.139. The van der Waals surface area contributed by atoms with E-state index in [1.54, 1.807) is 6.20 Å². The normalized spacial score (nSPS) is 16.9. The summed E-state index contributed by atoms with van der Waals surface area (Å²) in [6, 6.07) is 3.84. The Morgan fingerprint density at radius 3 is 2.78 bits per heavy atom. The third-order valence-corrected chi connectivity index (χ3v) is 3.15. The van der Waals surface area contributed by atoms with Gasteiger partial charge in [0.15, 0.2) is 11.6 Å². The van der Waals surface area contributed by atoms with Gasteiger partial charge in [-0.3, -0.25) is 0 Å². The van der Waals surface area contributed by atoms with Gasteiger partial charge in [-0.1, -0.05) is 0 Å². The molecule has 0 amide bonds. The fraction of sp³-hybridized carbons (Fsp3) is 0.571. The molecule has 1 fully saturated rings. The fourth-order valence-electron chi connectivity index (χ4n) is 2.21. The van der Waals surface area contributed by atoms with Crippen LogP contribution in [-0.4, -0.2) is 30.5 Å². The molecule has 0 radical (unpaired) electrons. The number of carbonyl (C=O) groups excluding carboxylic acids is 1. The summed E-state index contributed by atoms with van der Waals surface area (Å²) in [6.07, 6.45) is 4.80. The molecule has 0 saturated carbocycles. The van der Waals surface area contributed by atoms with Crippen LogP contribution in [0.1, 0.15) is 26.7 Å².